The van der Waals surface area contributed by atoms with Gasteiger partial charge in [-0.2, -0.15) is 0 Å². The second-order valence-electron chi connectivity index (χ2n) is 17.4. The SMILES string of the molecule is CC1(C)c2ccccc2-c2ccc(N(c3ccc(-c4ccccc4)cc3)c3ccc(-n4c5cc6ccn(-c7ccccc7)c6cc5c5ccc6c7ccccc7sc6c54)cc3)cc21. The van der Waals surface area contributed by atoms with Crippen LogP contribution in [0.3, 0.4) is 0 Å². The molecule has 12 aromatic rings. The highest BCUT2D eigenvalue weighted by Gasteiger charge is 2.35. The van der Waals surface area contributed by atoms with Crippen LogP contribution in [0.25, 0.3) is 86.5 Å². The largest absolute Gasteiger partial charge is 0.317 e. The Bertz CT molecular complexity index is 3740. The monoisotopic (exact) mass is 823 g/mol. The average molecular weight is 824 g/mol. The number of para-hydroxylation sites is 1. The van der Waals surface area contributed by atoms with E-state index in [-0.39, 0.29) is 5.41 Å². The Morgan fingerprint density at radius 1 is 0.444 bits per heavy atom. The number of thiophene rings is 1. The first-order valence-corrected chi connectivity index (χ1v) is 22.6. The van der Waals surface area contributed by atoms with Gasteiger partial charge in [-0.1, -0.05) is 135 Å². The van der Waals surface area contributed by atoms with Crippen LogP contribution in [-0.4, -0.2) is 9.13 Å². The highest BCUT2D eigenvalue weighted by Crippen LogP contribution is 2.51. The van der Waals surface area contributed by atoms with Crippen LogP contribution in [0.4, 0.5) is 17.1 Å². The first kappa shape index (κ1) is 36.0. The second kappa shape index (κ2) is 13.7. The lowest BCUT2D eigenvalue weighted by Crippen LogP contribution is -2.16. The Kier molecular flexibility index (Phi) is 7.82. The van der Waals surface area contributed by atoms with E-state index in [1.807, 2.05) is 11.3 Å². The first-order valence-electron chi connectivity index (χ1n) is 21.7. The van der Waals surface area contributed by atoms with Gasteiger partial charge in [0, 0.05) is 71.7 Å². The summed E-state index contributed by atoms with van der Waals surface area (Å²) in [5, 5.41) is 6.33. The van der Waals surface area contributed by atoms with E-state index in [1.54, 1.807) is 0 Å². The van der Waals surface area contributed by atoms with E-state index in [0.29, 0.717) is 0 Å². The zero-order chi connectivity index (χ0) is 41.8. The fourth-order valence-corrected chi connectivity index (χ4v) is 11.7. The molecule has 4 heteroatoms. The van der Waals surface area contributed by atoms with Gasteiger partial charge in [-0.25, -0.2) is 0 Å². The lowest BCUT2D eigenvalue weighted by Gasteiger charge is -2.28. The number of anilines is 3. The van der Waals surface area contributed by atoms with Crippen molar-refractivity contribution in [2.24, 2.45) is 0 Å². The molecular weight excluding hydrogens is 783 g/mol. The lowest BCUT2D eigenvalue weighted by atomic mass is 9.82. The Morgan fingerprint density at radius 2 is 1.10 bits per heavy atom. The van der Waals surface area contributed by atoms with Crippen molar-refractivity contribution in [2.45, 2.75) is 19.3 Å². The van der Waals surface area contributed by atoms with Crippen LogP contribution in [0.5, 0.6) is 0 Å². The molecule has 0 radical (unpaired) electrons. The molecule has 0 saturated heterocycles. The minimum atomic E-state index is -0.114. The molecule has 3 heterocycles. The number of aromatic nitrogens is 2. The van der Waals surface area contributed by atoms with Crippen LogP contribution in [0.1, 0.15) is 25.0 Å². The third-order valence-electron chi connectivity index (χ3n) is 13.5. The van der Waals surface area contributed by atoms with E-state index in [4.69, 9.17) is 0 Å². The van der Waals surface area contributed by atoms with E-state index < -0.39 is 0 Å². The quantitative estimate of drug-likeness (QED) is 0.163. The Hall–Kier alpha value is -7.66. The van der Waals surface area contributed by atoms with Crippen LogP contribution in [0.2, 0.25) is 0 Å². The fourth-order valence-electron chi connectivity index (χ4n) is 10.5. The molecular formula is C59H41N3S. The summed E-state index contributed by atoms with van der Waals surface area (Å²) in [5.41, 5.74) is 17.0. The van der Waals surface area contributed by atoms with Gasteiger partial charge in [0.05, 0.1) is 21.3 Å². The van der Waals surface area contributed by atoms with Gasteiger partial charge < -0.3 is 14.0 Å². The van der Waals surface area contributed by atoms with Gasteiger partial charge in [0.1, 0.15) is 0 Å². The predicted octanol–water partition coefficient (Wildman–Crippen LogP) is 16.5. The van der Waals surface area contributed by atoms with E-state index in [0.717, 1.165) is 28.4 Å². The molecule has 9 aromatic carbocycles. The molecule has 0 bridgehead atoms. The van der Waals surface area contributed by atoms with Crippen LogP contribution in [0.15, 0.2) is 212 Å². The number of rotatable bonds is 6. The topological polar surface area (TPSA) is 13.1 Å². The van der Waals surface area contributed by atoms with Gasteiger partial charge in [0.15, 0.2) is 0 Å². The molecule has 0 atom stereocenters. The van der Waals surface area contributed by atoms with E-state index in [1.165, 1.54) is 86.3 Å². The minimum Gasteiger partial charge on any atom is -0.317 e. The molecule has 3 aromatic heterocycles. The molecule has 63 heavy (non-hydrogen) atoms. The summed E-state index contributed by atoms with van der Waals surface area (Å²) in [6, 6.07) is 76.1. The van der Waals surface area contributed by atoms with Crippen molar-refractivity contribution >= 4 is 81.3 Å². The van der Waals surface area contributed by atoms with Crippen molar-refractivity contribution in [3.8, 4) is 33.6 Å². The predicted molar refractivity (Wildman–Crippen MR) is 268 cm³/mol. The second-order valence-corrected chi connectivity index (χ2v) is 18.4. The molecule has 0 fully saturated rings. The normalized spacial score (nSPS) is 13.0. The highest BCUT2D eigenvalue weighted by molar-refractivity contribution is 7.26. The Labute approximate surface area is 370 Å². The van der Waals surface area contributed by atoms with Gasteiger partial charge >= 0.3 is 0 Å². The van der Waals surface area contributed by atoms with Crippen molar-refractivity contribution in [3.63, 3.8) is 0 Å². The molecule has 0 amide bonds. The first-order chi connectivity index (χ1) is 31.0. The maximum Gasteiger partial charge on any atom is 0.0719 e. The van der Waals surface area contributed by atoms with Crippen LogP contribution >= 0.6 is 11.3 Å². The number of nitrogens with zero attached hydrogens (tertiary/aromatic N) is 3. The van der Waals surface area contributed by atoms with E-state index in [2.05, 4.69) is 240 Å². The zero-order valence-corrected chi connectivity index (χ0v) is 35.8. The van der Waals surface area contributed by atoms with Gasteiger partial charge in [-0.05, 0) is 118 Å². The molecule has 0 unspecified atom stereocenters. The van der Waals surface area contributed by atoms with Crippen molar-refractivity contribution < 1.29 is 0 Å². The summed E-state index contributed by atoms with van der Waals surface area (Å²) in [6.07, 6.45) is 2.20. The fraction of sp³-hybridized carbons (Fsp3) is 0.0508. The van der Waals surface area contributed by atoms with Crippen LogP contribution in [0, 0.1) is 0 Å². The molecule has 3 nitrogen and oxygen atoms in total. The summed E-state index contributed by atoms with van der Waals surface area (Å²) < 4.78 is 7.44. The zero-order valence-electron chi connectivity index (χ0n) is 35.0. The Morgan fingerprint density at radius 3 is 1.90 bits per heavy atom. The van der Waals surface area contributed by atoms with Crippen molar-refractivity contribution in [3.05, 3.63) is 224 Å². The minimum absolute atomic E-state index is 0.114. The molecule has 298 valence electrons. The molecule has 0 saturated carbocycles. The summed E-state index contributed by atoms with van der Waals surface area (Å²) in [4.78, 5) is 2.42. The van der Waals surface area contributed by atoms with E-state index >= 15 is 0 Å². The maximum atomic E-state index is 2.51. The van der Waals surface area contributed by atoms with Gasteiger partial charge in [0.25, 0.3) is 0 Å². The molecule has 1 aliphatic carbocycles. The molecule has 1 aliphatic rings. The molecule has 0 N–H and O–H groups in total. The third-order valence-corrected chi connectivity index (χ3v) is 14.7. The van der Waals surface area contributed by atoms with Crippen molar-refractivity contribution in [2.75, 3.05) is 4.90 Å². The summed E-state index contributed by atoms with van der Waals surface area (Å²) in [7, 11) is 0. The number of fused-ring (bicyclic) bond motifs is 11. The van der Waals surface area contributed by atoms with Crippen molar-refractivity contribution in [1.29, 1.82) is 0 Å². The Balaban J connectivity index is 1.00. The summed E-state index contributed by atoms with van der Waals surface area (Å²) >= 11 is 1.89. The molecule has 0 spiro atoms. The average Bonchev–Trinajstić information content (AvgIpc) is 4.08. The highest BCUT2D eigenvalue weighted by atomic mass is 32.1. The standard InChI is InChI=1S/C59H41N3S/c1-59(2)52-19-11-9-17-46(52)47-30-29-45(36-53(47)59)61(42-23-21-39(22-24-42)38-13-5-3-6-14-38)43-25-27-44(28-26-43)62-55-35-40-33-34-60(41-15-7-4-8-16-41)54(40)37-51(55)49-31-32-50-48-18-10-12-20-56(48)63-58(50)57(49)62/h3-37H,1-2H3. The number of hydrogen-bond acceptors (Lipinski definition) is 2. The lowest BCUT2D eigenvalue weighted by molar-refractivity contribution is 0.660. The summed E-state index contributed by atoms with van der Waals surface area (Å²) in [5.74, 6) is 0. The summed E-state index contributed by atoms with van der Waals surface area (Å²) in [6.45, 7) is 4.72. The smallest absolute Gasteiger partial charge is 0.0719 e. The maximum absolute atomic E-state index is 2.51. The molecule has 13 rings (SSSR count). The van der Waals surface area contributed by atoms with Gasteiger partial charge in [-0.15, -0.1) is 11.3 Å². The van der Waals surface area contributed by atoms with Gasteiger partial charge in [-0.3, -0.25) is 0 Å². The molecule has 0 aliphatic heterocycles. The number of hydrogen-bond donors (Lipinski definition) is 0. The van der Waals surface area contributed by atoms with Crippen LogP contribution < -0.4 is 4.90 Å². The third kappa shape index (κ3) is 5.45. The van der Waals surface area contributed by atoms with Crippen molar-refractivity contribution in [1.82, 2.24) is 9.13 Å². The van der Waals surface area contributed by atoms with Crippen LogP contribution in [-0.2, 0) is 5.41 Å². The number of benzene rings is 9. The van der Waals surface area contributed by atoms with Gasteiger partial charge in [0.2, 0.25) is 0 Å². The van der Waals surface area contributed by atoms with E-state index in [9.17, 15) is 0 Å².